The van der Waals surface area contributed by atoms with Gasteiger partial charge in [-0.15, -0.1) is 0 Å². The average Bonchev–Trinajstić information content (AvgIpc) is 3.18. The summed E-state index contributed by atoms with van der Waals surface area (Å²) in [6.07, 6.45) is 2.57. The largest absolute Gasteiger partial charge is 0.372 e. The number of amides is 1. The van der Waals surface area contributed by atoms with Crippen molar-refractivity contribution < 1.29 is 4.79 Å². The highest BCUT2D eigenvalue weighted by Crippen LogP contribution is 2.22. The maximum atomic E-state index is 12.6. The molecule has 0 radical (unpaired) electrons. The quantitative estimate of drug-likeness (QED) is 0.859. The third-order valence-electron chi connectivity index (χ3n) is 4.42. The maximum absolute atomic E-state index is 12.6. The molecule has 23 heavy (non-hydrogen) atoms. The van der Waals surface area contributed by atoms with Gasteiger partial charge in [-0.05, 0) is 55.9 Å². The zero-order chi connectivity index (χ0) is 16.4. The van der Waals surface area contributed by atoms with Crippen LogP contribution in [-0.2, 0) is 6.54 Å². The van der Waals surface area contributed by atoms with Gasteiger partial charge in [0.25, 0.3) is 5.91 Å². The van der Waals surface area contributed by atoms with Gasteiger partial charge in [0, 0.05) is 37.2 Å². The van der Waals surface area contributed by atoms with Crippen LogP contribution in [0.4, 0.5) is 5.69 Å². The molecule has 3 rings (SSSR count). The van der Waals surface area contributed by atoms with Crippen LogP contribution in [0.1, 0.15) is 39.3 Å². The Kier molecular flexibility index (Phi) is 4.66. The van der Waals surface area contributed by atoms with Crippen molar-refractivity contribution in [2.24, 2.45) is 0 Å². The Morgan fingerprint density at radius 3 is 2.43 bits per heavy atom. The van der Waals surface area contributed by atoms with Crippen molar-refractivity contribution >= 4 is 23.1 Å². The molecule has 0 atom stereocenters. The normalized spacial score (nSPS) is 14.3. The first-order valence-electron chi connectivity index (χ1n) is 8.08. The minimum Gasteiger partial charge on any atom is -0.372 e. The third kappa shape index (κ3) is 3.39. The minimum atomic E-state index is 0.0531. The van der Waals surface area contributed by atoms with E-state index in [4.69, 9.17) is 0 Å². The van der Waals surface area contributed by atoms with E-state index in [-0.39, 0.29) is 5.91 Å². The van der Waals surface area contributed by atoms with Crippen LogP contribution in [0.15, 0.2) is 24.3 Å². The Labute approximate surface area is 141 Å². The summed E-state index contributed by atoms with van der Waals surface area (Å²) < 4.78 is 4.27. The van der Waals surface area contributed by atoms with Crippen molar-refractivity contribution in [1.82, 2.24) is 9.27 Å². The van der Waals surface area contributed by atoms with E-state index >= 15 is 0 Å². The molecule has 0 unspecified atom stereocenters. The van der Waals surface area contributed by atoms with E-state index in [1.807, 2.05) is 20.9 Å². The first kappa shape index (κ1) is 16.0. The van der Waals surface area contributed by atoms with E-state index in [9.17, 15) is 4.79 Å². The average molecular weight is 329 g/mol. The molecule has 1 fully saturated rings. The lowest BCUT2D eigenvalue weighted by Crippen LogP contribution is -2.27. The lowest BCUT2D eigenvalue weighted by Gasteiger charge is -2.20. The maximum Gasteiger partial charge on any atom is 0.256 e. The monoisotopic (exact) mass is 329 g/mol. The van der Waals surface area contributed by atoms with Crippen molar-refractivity contribution in [3.8, 4) is 0 Å². The second kappa shape index (κ2) is 6.71. The van der Waals surface area contributed by atoms with Crippen LogP contribution in [0, 0.1) is 13.8 Å². The number of nitrogens with zero attached hydrogens (tertiary/aromatic N) is 3. The highest BCUT2D eigenvalue weighted by Gasteiger charge is 2.19. The molecule has 1 amide bonds. The topological polar surface area (TPSA) is 36.4 Å². The number of carbonyl (C=O) groups excluding carboxylic acids is 1. The highest BCUT2D eigenvalue weighted by molar-refractivity contribution is 7.06. The van der Waals surface area contributed by atoms with E-state index in [1.165, 1.54) is 30.1 Å². The predicted octanol–water partition coefficient (Wildman–Crippen LogP) is 3.63. The number of hydrogen-bond acceptors (Lipinski definition) is 4. The van der Waals surface area contributed by atoms with Gasteiger partial charge in [0.1, 0.15) is 0 Å². The summed E-state index contributed by atoms with van der Waals surface area (Å²) in [4.78, 5) is 17.8. The molecule has 1 aliphatic heterocycles. The zero-order valence-electron chi connectivity index (χ0n) is 14.0. The van der Waals surface area contributed by atoms with Gasteiger partial charge in [-0.2, -0.15) is 4.37 Å². The summed E-state index contributed by atoms with van der Waals surface area (Å²) in [6.45, 7) is 6.78. The summed E-state index contributed by atoms with van der Waals surface area (Å²) in [6, 6.07) is 8.59. The fourth-order valence-electron chi connectivity index (χ4n) is 3.11. The summed E-state index contributed by atoms with van der Waals surface area (Å²) in [5, 5.41) is 0. The molecule has 122 valence electrons. The summed E-state index contributed by atoms with van der Waals surface area (Å²) in [5.41, 5.74) is 4.02. The molecule has 1 saturated heterocycles. The summed E-state index contributed by atoms with van der Waals surface area (Å²) in [5.74, 6) is 0.0531. The standard InChI is InChI=1S/C18H23N3OS/c1-13-17(14(2)23-19-13)18(22)20(3)12-15-6-8-16(9-7-15)21-10-4-5-11-21/h6-9H,4-5,10-12H2,1-3H3. The number of aromatic nitrogens is 1. The number of carbonyl (C=O) groups is 1. The smallest absolute Gasteiger partial charge is 0.256 e. The van der Waals surface area contributed by atoms with E-state index in [0.717, 1.165) is 34.8 Å². The van der Waals surface area contributed by atoms with Gasteiger partial charge in [0.05, 0.1) is 11.3 Å². The SMILES string of the molecule is Cc1nsc(C)c1C(=O)N(C)Cc1ccc(N2CCCC2)cc1. The van der Waals surface area contributed by atoms with E-state index in [2.05, 4.69) is 33.5 Å². The molecule has 1 aliphatic rings. The van der Waals surface area contributed by atoms with Gasteiger partial charge < -0.3 is 9.80 Å². The molecule has 0 bridgehead atoms. The van der Waals surface area contributed by atoms with Crippen molar-refractivity contribution in [2.45, 2.75) is 33.2 Å². The molecule has 1 aromatic carbocycles. The molecule has 0 aliphatic carbocycles. The summed E-state index contributed by atoms with van der Waals surface area (Å²) in [7, 11) is 1.85. The minimum absolute atomic E-state index is 0.0531. The zero-order valence-corrected chi connectivity index (χ0v) is 14.8. The van der Waals surface area contributed by atoms with Gasteiger partial charge in [-0.1, -0.05) is 12.1 Å². The molecule has 4 nitrogen and oxygen atoms in total. The Morgan fingerprint density at radius 1 is 1.22 bits per heavy atom. The van der Waals surface area contributed by atoms with Gasteiger partial charge in [-0.3, -0.25) is 4.79 Å². The Balaban J connectivity index is 1.67. The second-order valence-electron chi connectivity index (χ2n) is 6.22. The molecule has 0 saturated carbocycles. The number of benzene rings is 1. The van der Waals surface area contributed by atoms with Crippen LogP contribution in [0.5, 0.6) is 0 Å². The van der Waals surface area contributed by atoms with E-state index < -0.39 is 0 Å². The van der Waals surface area contributed by atoms with Crippen molar-refractivity contribution in [1.29, 1.82) is 0 Å². The van der Waals surface area contributed by atoms with Crippen LogP contribution in [0.3, 0.4) is 0 Å². The van der Waals surface area contributed by atoms with E-state index in [0.29, 0.717) is 6.54 Å². The molecule has 5 heteroatoms. The van der Waals surface area contributed by atoms with Gasteiger partial charge in [-0.25, -0.2) is 0 Å². The third-order valence-corrected chi connectivity index (χ3v) is 5.26. The Morgan fingerprint density at radius 2 is 1.87 bits per heavy atom. The molecule has 0 N–H and O–H groups in total. The lowest BCUT2D eigenvalue weighted by molar-refractivity contribution is 0.0784. The van der Waals surface area contributed by atoms with Gasteiger partial charge in [0.15, 0.2) is 0 Å². The van der Waals surface area contributed by atoms with Crippen LogP contribution in [0.25, 0.3) is 0 Å². The van der Waals surface area contributed by atoms with Crippen molar-refractivity contribution in [3.63, 3.8) is 0 Å². The molecular formula is C18H23N3OS. The van der Waals surface area contributed by atoms with E-state index in [1.54, 1.807) is 4.90 Å². The molecule has 2 heterocycles. The highest BCUT2D eigenvalue weighted by atomic mass is 32.1. The van der Waals surface area contributed by atoms with Gasteiger partial charge in [0.2, 0.25) is 0 Å². The van der Waals surface area contributed by atoms with Crippen LogP contribution < -0.4 is 4.90 Å². The molecule has 0 spiro atoms. The lowest BCUT2D eigenvalue weighted by atomic mass is 10.1. The predicted molar refractivity (Wildman–Crippen MR) is 95.3 cm³/mol. The Bertz CT molecular complexity index is 667. The summed E-state index contributed by atoms with van der Waals surface area (Å²) >= 11 is 1.40. The number of hydrogen-bond donors (Lipinski definition) is 0. The fourth-order valence-corrected chi connectivity index (χ4v) is 3.80. The van der Waals surface area contributed by atoms with Crippen LogP contribution in [-0.4, -0.2) is 35.3 Å². The molecular weight excluding hydrogens is 306 g/mol. The van der Waals surface area contributed by atoms with Crippen molar-refractivity contribution in [2.75, 3.05) is 25.0 Å². The number of rotatable bonds is 4. The van der Waals surface area contributed by atoms with Crippen LogP contribution >= 0.6 is 11.5 Å². The Hall–Kier alpha value is -1.88. The van der Waals surface area contributed by atoms with Crippen LogP contribution in [0.2, 0.25) is 0 Å². The fraction of sp³-hybridized carbons (Fsp3) is 0.444. The molecule has 1 aromatic heterocycles. The second-order valence-corrected chi connectivity index (χ2v) is 7.20. The first-order valence-corrected chi connectivity index (χ1v) is 8.86. The number of aryl methyl sites for hydroxylation is 2. The molecule has 2 aromatic rings. The number of anilines is 1. The van der Waals surface area contributed by atoms with Gasteiger partial charge >= 0.3 is 0 Å². The first-order chi connectivity index (χ1) is 11.1. The van der Waals surface area contributed by atoms with Crippen molar-refractivity contribution in [3.05, 3.63) is 46.0 Å².